The molecule has 0 unspecified atom stereocenters. The molecule has 0 spiro atoms. The maximum Gasteiger partial charge on any atom is 0.130 e. The lowest BCUT2D eigenvalue weighted by Crippen LogP contribution is -2.13. The van der Waals surface area contributed by atoms with E-state index in [1.54, 1.807) is 18.2 Å². The third-order valence-corrected chi connectivity index (χ3v) is 3.71. The lowest BCUT2D eigenvalue weighted by molar-refractivity contribution is 0.296. The van der Waals surface area contributed by atoms with E-state index in [-0.39, 0.29) is 12.4 Å². The van der Waals surface area contributed by atoms with Crippen LogP contribution in [0.25, 0.3) is 0 Å². The van der Waals surface area contributed by atoms with Crippen molar-refractivity contribution in [3.05, 3.63) is 62.8 Å². The van der Waals surface area contributed by atoms with Gasteiger partial charge in [-0.2, -0.15) is 0 Å². The first kappa shape index (κ1) is 16.3. The number of hydrogen-bond donors (Lipinski definition) is 1. The topological polar surface area (TPSA) is 21.3 Å². The molecule has 0 aliphatic rings. The van der Waals surface area contributed by atoms with E-state index < -0.39 is 0 Å². The molecule has 5 heteroatoms. The van der Waals surface area contributed by atoms with Gasteiger partial charge in [0.25, 0.3) is 0 Å². The molecule has 21 heavy (non-hydrogen) atoms. The molecule has 2 nitrogen and oxygen atoms in total. The van der Waals surface area contributed by atoms with Crippen LogP contribution in [0.4, 0.5) is 4.39 Å². The third-order valence-electron chi connectivity index (χ3n) is 2.99. The van der Waals surface area contributed by atoms with Crippen LogP contribution < -0.4 is 10.1 Å². The summed E-state index contributed by atoms with van der Waals surface area (Å²) in [5.74, 6) is 0.425. The Morgan fingerprint density at radius 3 is 2.71 bits per heavy atom. The fraction of sp³-hybridized carbons (Fsp3) is 0.250. The first-order valence-corrected chi connectivity index (χ1v) is 7.83. The van der Waals surface area contributed by atoms with Crippen molar-refractivity contribution in [2.45, 2.75) is 20.1 Å². The van der Waals surface area contributed by atoms with Gasteiger partial charge in [0.2, 0.25) is 0 Å². The molecule has 0 fully saturated rings. The number of nitrogens with one attached hydrogen (secondary N) is 1. The highest BCUT2D eigenvalue weighted by Gasteiger charge is 2.08. The van der Waals surface area contributed by atoms with Crippen molar-refractivity contribution in [3.8, 4) is 5.75 Å². The lowest BCUT2D eigenvalue weighted by Gasteiger charge is -2.13. The SMILES string of the molecule is CCNCc1cc(Cl)ccc1OCc1ccc(Br)cc1F. The van der Waals surface area contributed by atoms with Crippen molar-refractivity contribution < 1.29 is 9.13 Å². The van der Waals surface area contributed by atoms with Crippen molar-refractivity contribution in [1.29, 1.82) is 0 Å². The summed E-state index contributed by atoms with van der Waals surface area (Å²) in [7, 11) is 0. The highest BCUT2D eigenvalue weighted by atomic mass is 79.9. The molecule has 2 rings (SSSR count). The van der Waals surface area contributed by atoms with Crippen LogP contribution in [0.15, 0.2) is 40.9 Å². The maximum atomic E-state index is 13.8. The number of benzene rings is 2. The van der Waals surface area contributed by atoms with E-state index in [0.717, 1.165) is 12.1 Å². The van der Waals surface area contributed by atoms with Crippen LogP contribution in [0.2, 0.25) is 5.02 Å². The molecule has 0 radical (unpaired) electrons. The van der Waals surface area contributed by atoms with Gasteiger partial charge in [-0.25, -0.2) is 4.39 Å². The van der Waals surface area contributed by atoms with E-state index in [1.807, 2.05) is 19.1 Å². The standard InChI is InChI=1S/C16H16BrClFNO/c1-2-20-9-12-7-14(18)5-6-16(12)21-10-11-3-4-13(17)8-15(11)19/h3-8,20H,2,9-10H2,1H3. The first-order chi connectivity index (χ1) is 10.1. The van der Waals surface area contributed by atoms with Gasteiger partial charge < -0.3 is 10.1 Å². The predicted molar refractivity (Wildman–Crippen MR) is 87.3 cm³/mol. The Morgan fingerprint density at radius 1 is 1.19 bits per heavy atom. The molecule has 0 heterocycles. The molecule has 2 aromatic carbocycles. The Balaban J connectivity index is 2.11. The van der Waals surface area contributed by atoms with Crippen LogP contribution in [0.3, 0.4) is 0 Å². The zero-order valence-electron chi connectivity index (χ0n) is 11.6. The third kappa shape index (κ3) is 4.70. The highest BCUT2D eigenvalue weighted by molar-refractivity contribution is 9.10. The average Bonchev–Trinajstić information content (AvgIpc) is 2.45. The molecular weight excluding hydrogens is 357 g/mol. The van der Waals surface area contributed by atoms with Gasteiger partial charge in [-0.15, -0.1) is 0 Å². The monoisotopic (exact) mass is 371 g/mol. The predicted octanol–water partition coefficient (Wildman–Crippen LogP) is 4.93. The average molecular weight is 373 g/mol. The Hall–Kier alpha value is -1.10. The highest BCUT2D eigenvalue weighted by Crippen LogP contribution is 2.24. The van der Waals surface area contributed by atoms with Gasteiger partial charge in [0, 0.05) is 27.2 Å². The molecule has 0 atom stereocenters. The first-order valence-electron chi connectivity index (χ1n) is 6.66. The van der Waals surface area contributed by atoms with Crippen LogP contribution in [0.1, 0.15) is 18.1 Å². The molecule has 0 saturated carbocycles. The fourth-order valence-electron chi connectivity index (χ4n) is 1.88. The number of rotatable bonds is 6. The smallest absolute Gasteiger partial charge is 0.130 e. The van der Waals surface area contributed by atoms with Gasteiger partial charge in [-0.05, 0) is 36.9 Å². The Morgan fingerprint density at radius 2 is 2.00 bits per heavy atom. The largest absolute Gasteiger partial charge is 0.488 e. The van der Waals surface area contributed by atoms with Crippen LogP contribution in [0.5, 0.6) is 5.75 Å². The summed E-state index contributed by atoms with van der Waals surface area (Å²) in [4.78, 5) is 0. The zero-order valence-corrected chi connectivity index (χ0v) is 14.0. The van der Waals surface area contributed by atoms with Crippen LogP contribution in [-0.2, 0) is 13.2 Å². The van der Waals surface area contributed by atoms with Crippen molar-refractivity contribution in [3.63, 3.8) is 0 Å². The molecule has 0 aliphatic heterocycles. The van der Waals surface area contributed by atoms with Crippen LogP contribution in [-0.4, -0.2) is 6.54 Å². The summed E-state index contributed by atoms with van der Waals surface area (Å²) in [5.41, 5.74) is 1.48. The summed E-state index contributed by atoms with van der Waals surface area (Å²) in [6, 6.07) is 10.4. The van der Waals surface area contributed by atoms with Gasteiger partial charge in [0.1, 0.15) is 18.2 Å². The van der Waals surface area contributed by atoms with Crippen LogP contribution >= 0.6 is 27.5 Å². The molecule has 0 bridgehead atoms. The van der Waals surface area contributed by atoms with Crippen LogP contribution in [0, 0.1) is 5.82 Å². The Labute approximate surface area is 137 Å². The number of hydrogen-bond acceptors (Lipinski definition) is 2. The summed E-state index contributed by atoms with van der Waals surface area (Å²) < 4.78 is 20.2. The molecule has 0 aliphatic carbocycles. The molecule has 0 saturated heterocycles. The second kappa shape index (κ2) is 7.78. The van der Waals surface area contributed by atoms with E-state index in [1.165, 1.54) is 6.07 Å². The minimum Gasteiger partial charge on any atom is -0.488 e. The van der Waals surface area contributed by atoms with E-state index >= 15 is 0 Å². The second-order valence-corrected chi connectivity index (χ2v) is 5.91. The summed E-state index contributed by atoms with van der Waals surface area (Å²) >= 11 is 9.24. The molecule has 2 aromatic rings. The minimum atomic E-state index is -0.286. The number of halogens is 3. The second-order valence-electron chi connectivity index (χ2n) is 4.56. The van der Waals surface area contributed by atoms with Crippen molar-refractivity contribution in [2.75, 3.05) is 6.54 Å². The van der Waals surface area contributed by atoms with Crippen molar-refractivity contribution in [1.82, 2.24) is 5.32 Å². The molecule has 1 N–H and O–H groups in total. The van der Waals surface area contributed by atoms with Crippen molar-refractivity contribution >= 4 is 27.5 Å². The Kier molecular flexibility index (Phi) is 6.03. The van der Waals surface area contributed by atoms with E-state index in [9.17, 15) is 4.39 Å². The fourth-order valence-corrected chi connectivity index (χ4v) is 2.41. The minimum absolute atomic E-state index is 0.180. The molecule has 112 valence electrons. The van der Waals surface area contributed by atoms with E-state index in [0.29, 0.717) is 27.4 Å². The number of ether oxygens (including phenoxy) is 1. The van der Waals surface area contributed by atoms with Gasteiger partial charge in [-0.3, -0.25) is 0 Å². The van der Waals surface area contributed by atoms with E-state index in [4.69, 9.17) is 16.3 Å². The van der Waals surface area contributed by atoms with Gasteiger partial charge >= 0.3 is 0 Å². The van der Waals surface area contributed by atoms with Gasteiger partial charge in [-0.1, -0.05) is 40.5 Å². The lowest BCUT2D eigenvalue weighted by atomic mass is 10.2. The zero-order chi connectivity index (χ0) is 15.2. The van der Waals surface area contributed by atoms with E-state index in [2.05, 4.69) is 21.2 Å². The van der Waals surface area contributed by atoms with Crippen molar-refractivity contribution in [2.24, 2.45) is 0 Å². The summed E-state index contributed by atoms with van der Waals surface area (Å²) in [6.07, 6.45) is 0. The summed E-state index contributed by atoms with van der Waals surface area (Å²) in [6.45, 7) is 3.73. The molecule has 0 amide bonds. The normalized spacial score (nSPS) is 10.7. The van der Waals surface area contributed by atoms with Gasteiger partial charge in [0.05, 0.1) is 0 Å². The quantitative estimate of drug-likeness (QED) is 0.776. The molecule has 0 aromatic heterocycles. The maximum absolute atomic E-state index is 13.8. The van der Waals surface area contributed by atoms with Gasteiger partial charge in [0.15, 0.2) is 0 Å². The summed E-state index contributed by atoms with van der Waals surface area (Å²) in [5, 5.41) is 3.89. The Bertz CT molecular complexity index is 621. The molecular formula is C16H16BrClFNO.